The third-order valence-electron chi connectivity index (χ3n) is 4.39. The zero-order chi connectivity index (χ0) is 19.9. The van der Waals surface area contributed by atoms with Crippen molar-refractivity contribution in [3.63, 3.8) is 0 Å². The predicted octanol–water partition coefficient (Wildman–Crippen LogP) is 2.70. The van der Waals surface area contributed by atoms with Crippen molar-refractivity contribution in [1.82, 2.24) is 10.6 Å². The predicted molar refractivity (Wildman–Crippen MR) is 98.5 cm³/mol. The van der Waals surface area contributed by atoms with Gasteiger partial charge in [0.25, 0.3) is 0 Å². The highest BCUT2D eigenvalue weighted by Gasteiger charge is 2.32. The standard InChI is InChI=1S/C19H32N2O5/c1-12(25-6)16(20-5)10-15(22)11-17(23)13-7-8-14(9-13)21-18(24)26-19(2,3)4/h13-14,20H,7-11H2,1-6H3,(H,21,24)/b16-12-/t13-,14+/m1/s1. The second kappa shape index (κ2) is 9.59. The van der Waals surface area contributed by atoms with Gasteiger partial charge in [-0.2, -0.15) is 0 Å². The highest BCUT2D eigenvalue weighted by atomic mass is 16.6. The van der Waals surface area contributed by atoms with Gasteiger partial charge in [0.1, 0.15) is 22.9 Å². The van der Waals surface area contributed by atoms with Crippen LogP contribution >= 0.6 is 0 Å². The van der Waals surface area contributed by atoms with Crippen molar-refractivity contribution >= 4 is 17.7 Å². The van der Waals surface area contributed by atoms with Gasteiger partial charge in [0.05, 0.1) is 19.2 Å². The molecule has 0 aromatic heterocycles. The van der Waals surface area contributed by atoms with E-state index in [0.717, 1.165) is 0 Å². The van der Waals surface area contributed by atoms with Crippen molar-refractivity contribution in [1.29, 1.82) is 0 Å². The molecule has 1 aliphatic carbocycles. The van der Waals surface area contributed by atoms with Gasteiger partial charge in [0.2, 0.25) is 0 Å². The molecule has 0 spiro atoms. The summed E-state index contributed by atoms with van der Waals surface area (Å²) >= 11 is 0. The fourth-order valence-corrected chi connectivity index (χ4v) is 2.99. The van der Waals surface area contributed by atoms with Crippen molar-refractivity contribution in [3.8, 4) is 0 Å². The van der Waals surface area contributed by atoms with E-state index < -0.39 is 11.7 Å². The SMILES string of the molecule is CN/C(CC(=O)CC(=O)[C@@H]1CC[C@H](NC(=O)OC(C)(C)C)C1)=C(/C)OC. The van der Waals surface area contributed by atoms with Crippen molar-refractivity contribution in [3.05, 3.63) is 11.5 Å². The Hall–Kier alpha value is -2.05. The Morgan fingerprint density at radius 1 is 1.12 bits per heavy atom. The van der Waals surface area contributed by atoms with Crippen molar-refractivity contribution < 1.29 is 23.9 Å². The summed E-state index contributed by atoms with van der Waals surface area (Å²) in [5.74, 6) is 0.244. The second-order valence-electron chi connectivity index (χ2n) is 7.70. The fourth-order valence-electron chi connectivity index (χ4n) is 2.99. The molecular formula is C19H32N2O5. The van der Waals surface area contributed by atoms with E-state index in [-0.39, 0.29) is 36.4 Å². The Labute approximate surface area is 155 Å². The molecule has 0 radical (unpaired) electrons. The lowest BCUT2D eigenvalue weighted by atomic mass is 9.96. The largest absolute Gasteiger partial charge is 0.500 e. The number of ketones is 2. The van der Waals surface area contributed by atoms with Gasteiger partial charge in [-0.3, -0.25) is 9.59 Å². The average Bonchev–Trinajstić information content (AvgIpc) is 2.98. The topological polar surface area (TPSA) is 93.7 Å². The molecule has 1 aliphatic rings. The molecule has 0 heterocycles. The Kier molecular flexibility index (Phi) is 8.11. The van der Waals surface area contributed by atoms with Crippen LogP contribution in [0.1, 0.15) is 59.8 Å². The molecular weight excluding hydrogens is 336 g/mol. The van der Waals surface area contributed by atoms with Crippen LogP contribution in [0.3, 0.4) is 0 Å². The van der Waals surface area contributed by atoms with E-state index in [4.69, 9.17) is 9.47 Å². The quantitative estimate of drug-likeness (QED) is 0.505. The lowest BCUT2D eigenvalue weighted by Gasteiger charge is -2.21. The number of amides is 1. The van der Waals surface area contributed by atoms with E-state index in [2.05, 4.69) is 10.6 Å². The van der Waals surface area contributed by atoms with Crippen LogP contribution in [0.4, 0.5) is 4.79 Å². The van der Waals surface area contributed by atoms with Gasteiger partial charge >= 0.3 is 6.09 Å². The number of hydrogen-bond donors (Lipinski definition) is 2. The van der Waals surface area contributed by atoms with E-state index in [1.54, 1.807) is 41.9 Å². The number of Topliss-reactive ketones (excluding diaryl/α,β-unsaturated/α-hetero) is 2. The molecule has 148 valence electrons. The van der Waals surface area contributed by atoms with E-state index in [1.807, 2.05) is 0 Å². The van der Waals surface area contributed by atoms with Gasteiger partial charge < -0.3 is 20.1 Å². The van der Waals surface area contributed by atoms with Crippen LogP contribution in [0.25, 0.3) is 0 Å². The molecule has 1 fully saturated rings. The molecule has 0 aliphatic heterocycles. The third kappa shape index (κ3) is 7.45. The summed E-state index contributed by atoms with van der Waals surface area (Å²) in [5, 5.41) is 5.74. The van der Waals surface area contributed by atoms with Gasteiger partial charge in [0.15, 0.2) is 0 Å². The maximum Gasteiger partial charge on any atom is 0.407 e. The first-order chi connectivity index (χ1) is 12.1. The lowest BCUT2D eigenvalue weighted by molar-refractivity contribution is -0.129. The zero-order valence-electron chi connectivity index (χ0n) is 16.7. The zero-order valence-corrected chi connectivity index (χ0v) is 16.7. The second-order valence-corrected chi connectivity index (χ2v) is 7.70. The molecule has 1 rings (SSSR count). The number of rotatable bonds is 8. The maximum absolute atomic E-state index is 12.4. The minimum Gasteiger partial charge on any atom is -0.500 e. The van der Waals surface area contributed by atoms with Crippen LogP contribution in [0, 0.1) is 5.92 Å². The molecule has 0 aromatic rings. The van der Waals surface area contributed by atoms with Gasteiger partial charge in [-0.1, -0.05) is 0 Å². The number of hydrogen-bond acceptors (Lipinski definition) is 6. The number of carbonyl (C=O) groups is 3. The molecule has 0 unspecified atom stereocenters. The van der Waals surface area contributed by atoms with Crippen LogP contribution in [0.15, 0.2) is 11.5 Å². The van der Waals surface area contributed by atoms with Crippen LogP contribution in [0.5, 0.6) is 0 Å². The van der Waals surface area contributed by atoms with Gasteiger partial charge in [0, 0.05) is 25.4 Å². The molecule has 0 aromatic carbocycles. The number of nitrogens with one attached hydrogen (secondary N) is 2. The number of allylic oxidation sites excluding steroid dienone is 2. The first-order valence-corrected chi connectivity index (χ1v) is 9.01. The molecule has 2 N–H and O–H groups in total. The fraction of sp³-hybridized carbons (Fsp3) is 0.737. The van der Waals surface area contributed by atoms with Crippen molar-refractivity contribution in [2.75, 3.05) is 14.2 Å². The monoisotopic (exact) mass is 368 g/mol. The lowest BCUT2D eigenvalue weighted by Crippen LogP contribution is -2.38. The Balaban J connectivity index is 2.47. The van der Waals surface area contributed by atoms with Crippen LogP contribution < -0.4 is 10.6 Å². The summed E-state index contributed by atoms with van der Waals surface area (Å²) in [6.45, 7) is 7.18. The summed E-state index contributed by atoms with van der Waals surface area (Å²) in [6, 6.07) is -0.0857. The van der Waals surface area contributed by atoms with Crippen LogP contribution in [-0.4, -0.2) is 43.5 Å². The number of methoxy groups -OCH3 is 1. The molecule has 7 nitrogen and oxygen atoms in total. The number of alkyl carbamates (subject to hydrolysis) is 1. The van der Waals surface area contributed by atoms with Crippen molar-refractivity contribution in [2.45, 2.75) is 71.4 Å². The minimum atomic E-state index is -0.552. The number of carbonyl (C=O) groups excluding carboxylic acids is 3. The van der Waals surface area contributed by atoms with Crippen LogP contribution in [-0.2, 0) is 19.1 Å². The van der Waals surface area contributed by atoms with Crippen molar-refractivity contribution in [2.24, 2.45) is 5.92 Å². The molecule has 0 bridgehead atoms. The van der Waals surface area contributed by atoms with Gasteiger partial charge in [-0.15, -0.1) is 0 Å². The smallest absolute Gasteiger partial charge is 0.407 e. The number of ether oxygens (including phenoxy) is 2. The van der Waals surface area contributed by atoms with E-state index in [0.29, 0.717) is 30.7 Å². The van der Waals surface area contributed by atoms with E-state index in [1.165, 1.54) is 0 Å². The average molecular weight is 368 g/mol. The highest BCUT2D eigenvalue weighted by Crippen LogP contribution is 2.28. The highest BCUT2D eigenvalue weighted by molar-refractivity contribution is 6.01. The Bertz CT molecular complexity index is 563. The first-order valence-electron chi connectivity index (χ1n) is 9.01. The van der Waals surface area contributed by atoms with E-state index >= 15 is 0 Å². The summed E-state index contributed by atoms with van der Waals surface area (Å²) in [7, 11) is 3.26. The van der Waals surface area contributed by atoms with Gasteiger partial charge in [-0.05, 0) is 47.0 Å². The Morgan fingerprint density at radius 2 is 1.77 bits per heavy atom. The summed E-state index contributed by atoms with van der Waals surface area (Å²) in [4.78, 5) is 36.4. The minimum absolute atomic E-state index is 0.0611. The molecule has 1 amide bonds. The normalized spacial score (nSPS) is 20.8. The summed E-state index contributed by atoms with van der Waals surface area (Å²) in [5.41, 5.74) is 0.129. The maximum atomic E-state index is 12.4. The summed E-state index contributed by atoms with van der Waals surface area (Å²) < 4.78 is 10.4. The first kappa shape index (κ1) is 22.0. The Morgan fingerprint density at radius 3 is 2.31 bits per heavy atom. The van der Waals surface area contributed by atoms with Crippen LogP contribution in [0.2, 0.25) is 0 Å². The van der Waals surface area contributed by atoms with E-state index in [9.17, 15) is 14.4 Å². The molecule has 1 saturated carbocycles. The molecule has 0 saturated heterocycles. The molecule has 7 heteroatoms. The molecule has 2 atom stereocenters. The van der Waals surface area contributed by atoms with Gasteiger partial charge in [-0.25, -0.2) is 4.79 Å². The molecule has 26 heavy (non-hydrogen) atoms. The summed E-state index contributed by atoms with van der Waals surface area (Å²) in [6.07, 6.45) is 1.54. The third-order valence-corrected chi connectivity index (χ3v) is 4.39.